The van der Waals surface area contributed by atoms with Gasteiger partial charge >= 0.3 is 0 Å². The zero-order chi connectivity index (χ0) is 13.7. The van der Waals surface area contributed by atoms with E-state index in [0.29, 0.717) is 12.5 Å². The minimum atomic E-state index is 0.173. The Bertz CT molecular complexity index is 397. The van der Waals surface area contributed by atoms with Crippen LogP contribution in [-0.4, -0.2) is 36.5 Å². The molecule has 1 fully saturated rings. The van der Waals surface area contributed by atoms with E-state index < -0.39 is 0 Å². The highest BCUT2D eigenvalue weighted by Gasteiger charge is 2.24. The first-order chi connectivity index (χ1) is 9.16. The van der Waals surface area contributed by atoms with Gasteiger partial charge in [-0.2, -0.15) is 0 Å². The molecule has 0 spiro atoms. The van der Waals surface area contributed by atoms with Crippen molar-refractivity contribution in [2.75, 3.05) is 25.0 Å². The fourth-order valence-electron chi connectivity index (χ4n) is 2.52. The van der Waals surface area contributed by atoms with Gasteiger partial charge in [0.1, 0.15) is 0 Å². The predicted octanol–water partition coefficient (Wildman–Crippen LogP) is 1.68. The van der Waals surface area contributed by atoms with E-state index in [1.54, 1.807) is 0 Å². The number of rotatable bonds is 4. The van der Waals surface area contributed by atoms with Crippen molar-refractivity contribution in [1.29, 1.82) is 0 Å². The predicted molar refractivity (Wildman–Crippen MR) is 77.9 cm³/mol. The third kappa shape index (κ3) is 3.96. The van der Waals surface area contributed by atoms with Gasteiger partial charge in [0, 0.05) is 24.8 Å². The Hall–Kier alpha value is -1.55. The van der Waals surface area contributed by atoms with Crippen LogP contribution in [-0.2, 0) is 4.79 Å². The Morgan fingerprint density at radius 2 is 2.00 bits per heavy atom. The Morgan fingerprint density at radius 1 is 1.37 bits per heavy atom. The summed E-state index contributed by atoms with van der Waals surface area (Å²) < 4.78 is 0. The van der Waals surface area contributed by atoms with Crippen LogP contribution in [0.4, 0.5) is 5.69 Å². The maximum Gasteiger partial charge on any atom is 0.241 e. The molecule has 0 radical (unpaired) electrons. The van der Waals surface area contributed by atoms with E-state index in [9.17, 15) is 4.79 Å². The first-order valence-corrected chi connectivity index (χ1v) is 6.99. The highest BCUT2D eigenvalue weighted by Crippen LogP contribution is 2.19. The van der Waals surface area contributed by atoms with Crippen LogP contribution in [0.2, 0.25) is 0 Å². The van der Waals surface area contributed by atoms with Crippen LogP contribution in [0, 0.1) is 5.92 Å². The number of benzene rings is 1. The van der Waals surface area contributed by atoms with Gasteiger partial charge in [0.05, 0.1) is 6.54 Å². The Labute approximate surface area is 115 Å². The van der Waals surface area contributed by atoms with Crippen LogP contribution in [0.1, 0.15) is 19.8 Å². The fourth-order valence-corrected chi connectivity index (χ4v) is 2.52. The smallest absolute Gasteiger partial charge is 0.241 e. The summed E-state index contributed by atoms with van der Waals surface area (Å²) in [6.45, 7) is 4.09. The summed E-state index contributed by atoms with van der Waals surface area (Å²) >= 11 is 0. The quantitative estimate of drug-likeness (QED) is 0.867. The summed E-state index contributed by atoms with van der Waals surface area (Å²) in [6.07, 6.45) is 2.05. The van der Waals surface area contributed by atoms with Crippen LogP contribution < -0.4 is 11.1 Å². The van der Waals surface area contributed by atoms with E-state index in [0.717, 1.165) is 31.6 Å². The van der Waals surface area contributed by atoms with Gasteiger partial charge in [-0.1, -0.05) is 18.2 Å². The molecule has 1 atom stereocenters. The summed E-state index contributed by atoms with van der Waals surface area (Å²) in [5.74, 6) is 0.734. The number of likely N-dealkylation sites (tertiary alicyclic amines) is 1. The van der Waals surface area contributed by atoms with Crippen molar-refractivity contribution in [3.8, 4) is 0 Å². The van der Waals surface area contributed by atoms with E-state index in [1.165, 1.54) is 0 Å². The van der Waals surface area contributed by atoms with E-state index in [2.05, 4.69) is 12.2 Å². The molecule has 4 heteroatoms. The number of para-hydroxylation sites is 1. The second kappa shape index (κ2) is 6.57. The lowest BCUT2D eigenvalue weighted by Gasteiger charge is -2.33. The zero-order valence-corrected chi connectivity index (χ0v) is 11.5. The third-order valence-electron chi connectivity index (χ3n) is 3.85. The van der Waals surface area contributed by atoms with Gasteiger partial charge in [-0.3, -0.25) is 4.79 Å². The van der Waals surface area contributed by atoms with E-state index >= 15 is 0 Å². The van der Waals surface area contributed by atoms with E-state index in [4.69, 9.17) is 5.73 Å². The molecule has 104 valence electrons. The van der Waals surface area contributed by atoms with E-state index in [1.807, 2.05) is 35.2 Å². The molecule has 1 amide bonds. The second-order valence-corrected chi connectivity index (χ2v) is 5.30. The Balaban J connectivity index is 1.76. The zero-order valence-electron chi connectivity index (χ0n) is 11.5. The monoisotopic (exact) mass is 261 g/mol. The third-order valence-corrected chi connectivity index (χ3v) is 3.85. The SMILES string of the molecule is CC(N)C1CCN(C(=O)CNc2ccccc2)CC1. The summed E-state index contributed by atoms with van der Waals surface area (Å²) in [5, 5.41) is 3.16. The minimum absolute atomic E-state index is 0.173. The fraction of sp³-hybridized carbons (Fsp3) is 0.533. The normalized spacial score (nSPS) is 18.1. The maximum absolute atomic E-state index is 12.1. The van der Waals surface area contributed by atoms with Crippen LogP contribution in [0.15, 0.2) is 30.3 Å². The molecule has 1 saturated heterocycles. The van der Waals surface area contributed by atoms with Gasteiger partial charge in [-0.15, -0.1) is 0 Å². The summed E-state index contributed by atoms with van der Waals surface area (Å²) in [6, 6.07) is 10.1. The molecule has 0 aromatic heterocycles. The lowest BCUT2D eigenvalue weighted by Crippen LogP contribution is -2.44. The topological polar surface area (TPSA) is 58.4 Å². The van der Waals surface area contributed by atoms with Gasteiger partial charge in [-0.05, 0) is 37.8 Å². The van der Waals surface area contributed by atoms with Gasteiger partial charge in [0.15, 0.2) is 0 Å². The first kappa shape index (κ1) is 13.9. The Morgan fingerprint density at radius 3 is 2.58 bits per heavy atom. The van der Waals surface area contributed by atoms with E-state index in [-0.39, 0.29) is 11.9 Å². The molecule has 1 unspecified atom stereocenters. The van der Waals surface area contributed by atoms with Crippen molar-refractivity contribution in [3.05, 3.63) is 30.3 Å². The number of hydrogen-bond donors (Lipinski definition) is 2. The van der Waals surface area contributed by atoms with Crippen molar-refractivity contribution in [2.45, 2.75) is 25.8 Å². The molecule has 3 N–H and O–H groups in total. The minimum Gasteiger partial charge on any atom is -0.376 e. The molecule has 19 heavy (non-hydrogen) atoms. The number of piperidine rings is 1. The number of anilines is 1. The second-order valence-electron chi connectivity index (χ2n) is 5.30. The number of nitrogens with one attached hydrogen (secondary N) is 1. The van der Waals surface area contributed by atoms with Crippen LogP contribution in [0.5, 0.6) is 0 Å². The molecule has 0 bridgehead atoms. The molecular weight excluding hydrogens is 238 g/mol. The molecule has 1 aliphatic rings. The van der Waals surface area contributed by atoms with Crippen LogP contribution in [0.3, 0.4) is 0 Å². The highest BCUT2D eigenvalue weighted by atomic mass is 16.2. The lowest BCUT2D eigenvalue weighted by molar-refractivity contribution is -0.130. The summed E-state index contributed by atoms with van der Waals surface area (Å²) in [7, 11) is 0. The highest BCUT2D eigenvalue weighted by molar-refractivity contribution is 5.80. The molecule has 2 rings (SSSR count). The van der Waals surface area contributed by atoms with Crippen LogP contribution in [0.25, 0.3) is 0 Å². The average Bonchev–Trinajstić information content (AvgIpc) is 2.46. The van der Waals surface area contributed by atoms with Crippen molar-refractivity contribution in [3.63, 3.8) is 0 Å². The summed E-state index contributed by atoms with van der Waals surface area (Å²) in [5.41, 5.74) is 6.89. The molecule has 1 aromatic rings. The van der Waals surface area contributed by atoms with Crippen LogP contribution >= 0.6 is 0 Å². The van der Waals surface area contributed by atoms with Crippen molar-refractivity contribution >= 4 is 11.6 Å². The number of carbonyl (C=O) groups is 1. The largest absolute Gasteiger partial charge is 0.376 e. The molecule has 0 saturated carbocycles. The molecule has 1 aliphatic heterocycles. The average molecular weight is 261 g/mol. The first-order valence-electron chi connectivity index (χ1n) is 6.99. The maximum atomic E-state index is 12.1. The number of nitrogens with zero attached hydrogens (tertiary/aromatic N) is 1. The molecule has 0 aliphatic carbocycles. The van der Waals surface area contributed by atoms with Crippen molar-refractivity contribution < 1.29 is 4.79 Å². The van der Waals surface area contributed by atoms with Crippen molar-refractivity contribution in [2.24, 2.45) is 11.7 Å². The molecule has 1 heterocycles. The van der Waals surface area contributed by atoms with Gasteiger partial charge in [0.2, 0.25) is 5.91 Å². The molecule has 1 aromatic carbocycles. The standard InChI is InChI=1S/C15H23N3O/c1-12(16)13-7-9-18(10-8-13)15(19)11-17-14-5-3-2-4-6-14/h2-6,12-13,17H,7-11,16H2,1H3. The number of amides is 1. The number of nitrogens with two attached hydrogens (primary N) is 1. The number of carbonyl (C=O) groups excluding carboxylic acids is 1. The number of hydrogen-bond acceptors (Lipinski definition) is 3. The van der Waals surface area contributed by atoms with Gasteiger partial charge in [0.25, 0.3) is 0 Å². The van der Waals surface area contributed by atoms with Crippen molar-refractivity contribution in [1.82, 2.24) is 4.90 Å². The summed E-state index contributed by atoms with van der Waals surface area (Å²) in [4.78, 5) is 14.0. The lowest BCUT2D eigenvalue weighted by atomic mass is 9.91. The van der Waals surface area contributed by atoms with Gasteiger partial charge in [-0.25, -0.2) is 0 Å². The molecule has 4 nitrogen and oxygen atoms in total. The Kier molecular flexibility index (Phi) is 4.80. The molecular formula is C15H23N3O. The van der Waals surface area contributed by atoms with Gasteiger partial charge < -0.3 is 16.0 Å².